The van der Waals surface area contributed by atoms with E-state index in [9.17, 15) is 5.11 Å². The van der Waals surface area contributed by atoms with Gasteiger partial charge in [0.15, 0.2) is 5.13 Å². The first-order chi connectivity index (χ1) is 6.51. The second kappa shape index (κ2) is 3.18. The Labute approximate surface area is 87.4 Å². The lowest BCUT2D eigenvalue weighted by Crippen LogP contribution is -2.28. The third-order valence-electron chi connectivity index (χ3n) is 2.88. The molecule has 78 valence electrons. The van der Waals surface area contributed by atoms with E-state index in [-0.39, 0.29) is 0 Å². The fraction of sp³-hybridized carbons (Fsp3) is 0.667. The minimum Gasteiger partial charge on any atom is -0.383 e. The fourth-order valence-corrected chi connectivity index (χ4v) is 2.73. The molecule has 1 saturated heterocycles. The Morgan fingerprint density at radius 3 is 2.93 bits per heavy atom. The molecule has 2 rings (SSSR count). The van der Waals surface area contributed by atoms with E-state index in [0.29, 0.717) is 17.7 Å². The predicted molar refractivity (Wildman–Crippen MR) is 57.1 cm³/mol. The molecule has 0 spiro atoms. The van der Waals surface area contributed by atoms with Crippen LogP contribution in [0.5, 0.6) is 0 Å². The highest BCUT2D eigenvalue weighted by Crippen LogP contribution is 2.37. The van der Waals surface area contributed by atoms with Crippen LogP contribution in [0.15, 0.2) is 6.20 Å². The van der Waals surface area contributed by atoms with E-state index in [4.69, 9.17) is 5.73 Å². The Morgan fingerprint density at radius 2 is 2.50 bits per heavy atom. The first-order valence-electron chi connectivity index (χ1n) is 4.66. The average molecular weight is 213 g/mol. The van der Waals surface area contributed by atoms with Gasteiger partial charge in [0.2, 0.25) is 0 Å². The van der Waals surface area contributed by atoms with Crippen molar-refractivity contribution in [2.24, 2.45) is 0 Å². The molecule has 0 amide bonds. The summed E-state index contributed by atoms with van der Waals surface area (Å²) in [6, 6.07) is 0.406. The van der Waals surface area contributed by atoms with Crippen molar-refractivity contribution in [1.82, 2.24) is 9.88 Å². The zero-order valence-electron chi connectivity index (χ0n) is 8.40. The van der Waals surface area contributed by atoms with Gasteiger partial charge in [-0.1, -0.05) is 11.3 Å². The van der Waals surface area contributed by atoms with E-state index in [0.717, 1.165) is 11.3 Å². The lowest BCUT2D eigenvalue weighted by Gasteiger charge is -2.19. The molecule has 1 aliphatic heterocycles. The molecule has 1 aromatic heterocycles. The van der Waals surface area contributed by atoms with E-state index in [1.165, 1.54) is 11.3 Å². The lowest BCUT2D eigenvalue weighted by atomic mass is 10.00. The molecule has 0 aliphatic carbocycles. The summed E-state index contributed by atoms with van der Waals surface area (Å²) < 4.78 is 0. The van der Waals surface area contributed by atoms with Crippen molar-refractivity contribution in [3.8, 4) is 0 Å². The highest BCUT2D eigenvalue weighted by Gasteiger charge is 2.41. The van der Waals surface area contributed by atoms with E-state index in [2.05, 4.69) is 16.8 Å². The Balaban J connectivity index is 2.26. The molecule has 0 radical (unpaired) electrons. The number of aliphatic hydroxyl groups is 1. The van der Waals surface area contributed by atoms with Crippen LogP contribution in [0.25, 0.3) is 0 Å². The van der Waals surface area contributed by atoms with Crippen LogP contribution in [0.2, 0.25) is 0 Å². The van der Waals surface area contributed by atoms with Crippen LogP contribution >= 0.6 is 11.3 Å². The molecule has 5 heteroatoms. The number of anilines is 1. The second-order valence-electron chi connectivity index (χ2n) is 4.06. The normalized spacial score (nSPS) is 33.8. The van der Waals surface area contributed by atoms with Gasteiger partial charge in [0.1, 0.15) is 5.60 Å². The van der Waals surface area contributed by atoms with Gasteiger partial charge in [-0.2, -0.15) is 0 Å². The molecule has 2 atom stereocenters. The summed E-state index contributed by atoms with van der Waals surface area (Å²) in [6.45, 7) is 2.78. The Kier molecular flexibility index (Phi) is 2.25. The van der Waals surface area contributed by atoms with Crippen LogP contribution in [0, 0.1) is 0 Å². The van der Waals surface area contributed by atoms with Gasteiger partial charge in [0.25, 0.3) is 0 Å². The van der Waals surface area contributed by atoms with Crippen molar-refractivity contribution in [3.63, 3.8) is 0 Å². The van der Waals surface area contributed by atoms with Crippen molar-refractivity contribution in [2.75, 3.05) is 19.3 Å². The summed E-state index contributed by atoms with van der Waals surface area (Å²) >= 11 is 1.38. The minimum absolute atomic E-state index is 0.406. The van der Waals surface area contributed by atoms with Crippen molar-refractivity contribution in [3.05, 3.63) is 11.1 Å². The number of β-amino-alcohol motifs (C(OH)–C–C–N with tert-alkyl or cyclic N) is 1. The molecule has 1 fully saturated rings. The summed E-state index contributed by atoms with van der Waals surface area (Å²) in [7, 11) is 2.02. The SMILES string of the molecule is CC1CC(O)(c2cnc(N)s2)CN1C. The molecule has 0 saturated carbocycles. The van der Waals surface area contributed by atoms with Gasteiger partial charge in [-0.3, -0.25) is 0 Å². The van der Waals surface area contributed by atoms with Gasteiger partial charge < -0.3 is 15.7 Å². The fourth-order valence-electron chi connectivity index (χ4n) is 1.96. The zero-order chi connectivity index (χ0) is 10.3. The number of rotatable bonds is 1. The van der Waals surface area contributed by atoms with Gasteiger partial charge in [0, 0.05) is 18.8 Å². The molecule has 2 unspecified atom stereocenters. The third-order valence-corrected chi connectivity index (χ3v) is 3.90. The highest BCUT2D eigenvalue weighted by atomic mass is 32.1. The monoisotopic (exact) mass is 213 g/mol. The third kappa shape index (κ3) is 1.51. The number of hydrogen-bond acceptors (Lipinski definition) is 5. The highest BCUT2D eigenvalue weighted by molar-refractivity contribution is 7.15. The molecule has 0 aromatic carbocycles. The number of likely N-dealkylation sites (N-methyl/N-ethyl adjacent to an activating group) is 1. The molecule has 2 heterocycles. The number of hydrogen-bond donors (Lipinski definition) is 2. The molecule has 1 aliphatic rings. The maximum atomic E-state index is 10.4. The Morgan fingerprint density at radius 1 is 1.79 bits per heavy atom. The molecule has 1 aromatic rings. The number of thiazole rings is 1. The predicted octanol–water partition coefficient (Wildman–Crippen LogP) is 0.637. The first-order valence-corrected chi connectivity index (χ1v) is 5.47. The van der Waals surface area contributed by atoms with E-state index in [1.54, 1.807) is 6.20 Å². The van der Waals surface area contributed by atoms with Crippen LogP contribution in [-0.4, -0.2) is 34.6 Å². The lowest BCUT2D eigenvalue weighted by molar-refractivity contribution is 0.0521. The van der Waals surface area contributed by atoms with Gasteiger partial charge in [0.05, 0.1) is 4.88 Å². The van der Waals surface area contributed by atoms with E-state index >= 15 is 0 Å². The minimum atomic E-state index is -0.747. The van der Waals surface area contributed by atoms with Gasteiger partial charge in [-0.25, -0.2) is 4.98 Å². The molecule has 14 heavy (non-hydrogen) atoms. The molecule has 0 bridgehead atoms. The van der Waals surface area contributed by atoms with E-state index < -0.39 is 5.60 Å². The number of likely N-dealkylation sites (tertiary alicyclic amines) is 1. The van der Waals surface area contributed by atoms with Crippen molar-refractivity contribution in [2.45, 2.75) is 25.0 Å². The molecular weight excluding hydrogens is 198 g/mol. The van der Waals surface area contributed by atoms with Gasteiger partial charge >= 0.3 is 0 Å². The van der Waals surface area contributed by atoms with Gasteiger partial charge in [-0.15, -0.1) is 0 Å². The van der Waals surface area contributed by atoms with Gasteiger partial charge in [-0.05, 0) is 20.4 Å². The maximum Gasteiger partial charge on any atom is 0.180 e. The number of nitrogens with zero attached hydrogens (tertiary/aromatic N) is 2. The smallest absolute Gasteiger partial charge is 0.180 e. The quantitative estimate of drug-likeness (QED) is 0.718. The number of nitrogens with two attached hydrogens (primary N) is 1. The van der Waals surface area contributed by atoms with Crippen LogP contribution in [0.1, 0.15) is 18.2 Å². The van der Waals surface area contributed by atoms with Crippen LogP contribution in [0.3, 0.4) is 0 Å². The molecule has 3 N–H and O–H groups in total. The summed E-state index contributed by atoms with van der Waals surface area (Å²) in [5.74, 6) is 0. The summed E-state index contributed by atoms with van der Waals surface area (Å²) in [4.78, 5) is 7.00. The molecular formula is C9H15N3OS. The maximum absolute atomic E-state index is 10.4. The average Bonchev–Trinajstić information content (AvgIpc) is 2.60. The first kappa shape index (κ1) is 9.89. The standard InChI is InChI=1S/C9H15N3OS/c1-6-3-9(13,5-12(6)2)7-4-11-8(10)14-7/h4,6,13H,3,5H2,1-2H3,(H2,10,11). The second-order valence-corrected chi connectivity index (χ2v) is 5.12. The largest absolute Gasteiger partial charge is 0.383 e. The Bertz CT molecular complexity index is 329. The van der Waals surface area contributed by atoms with Crippen molar-refractivity contribution < 1.29 is 5.11 Å². The zero-order valence-corrected chi connectivity index (χ0v) is 9.21. The van der Waals surface area contributed by atoms with Crippen LogP contribution in [0.4, 0.5) is 5.13 Å². The van der Waals surface area contributed by atoms with E-state index in [1.807, 2.05) is 7.05 Å². The summed E-state index contributed by atoms with van der Waals surface area (Å²) in [6.07, 6.45) is 2.44. The Hall–Kier alpha value is -0.650. The van der Waals surface area contributed by atoms with Crippen molar-refractivity contribution >= 4 is 16.5 Å². The number of aromatic nitrogens is 1. The summed E-state index contributed by atoms with van der Waals surface area (Å²) in [5, 5.41) is 10.9. The molecule has 4 nitrogen and oxygen atoms in total. The summed E-state index contributed by atoms with van der Waals surface area (Å²) in [5.41, 5.74) is 4.81. The van der Waals surface area contributed by atoms with Crippen molar-refractivity contribution in [1.29, 1.82) is 0 Å². The topological polar surface area (TPSA) is 62.4 Å². The van der Waals surface area contributed by atoms with Crippen LogP contribution < -0.4 is 5.73 Å². The number of nitrogen functional groups attached to an aromatic ring is 1. The van der Waals surface area contributed by atoms with Crippen LogP contribution in [-0.2, 0) is 5.60 Å².